The number of piperidine rings is 1. The Labute approximate surface area is 158 Å². The summed E-state index contributed by atoms with van der Waals surface area (Å²) in [5, 5.41) is 10.9. The molecule has 3 aromatic rings. The van der Waals surface area contributed by atoms with Crippen molar-refractivity contribution in [2.45, 2.75) is 32.5 Å². The molecule has 0 unspecified atom stereocenters. The van der Waals surface area contributed by atoms with Crippen molar-refractivity contribution in [3.63, 3.8) is 0 Å². The number of halogens is 3. The van der Waals surface area contributed by atoms with Crippen LogP contribution in [0.3, 0.4) is 0 Å². The minimum atomic E-state index is -4.61. The minimum Gasteiger partial charge on any atom is -0.476 e. The van der Waals surface area contributed by atoms with Crippen LogP contribution in [-0.2, 0) is 12.7 Å². The van der Waals surface area contributed by atoms with Gasteiger partial charge in [0.25, 0.3) is 0 Å². The number of aromatic nitrogens is 5. The topological polar surface area (TPSA) is 81.6 Å². The van der Waals surface area contributed by atoms with Crippen LogP contribution in [0.4, 0.5) is 13.2 Å². The van der Waals surface area contributed by atoms with E-state index in [4.69, 9.17) is 9.15 Å². The van der Waals surface area contributed by atoms with Crippen LogP contribution < -0.4 is 4.74 Å². The lowest BCUT2D eigenvalue weighted by atomic mass is 9.98. The van der Waals surface area contributed by atoms with Gasteiger partial charge in [-0.15, -0.1) is 15.3 Å². The van der Waals surface area contributed by atoms with Crippen LogP contribution in [0.5, 0.6) is 5.88 Å². The van der Waals surface area contributed by atoms with Gasteiger partial charge < -0.3 is 9.15 Å². The highest BCUT2D eigenvalue weighted by atomic mass is 19.4. The fourth-order valence-corrected chi connectivity index (χ4v) is 3.20. The molecule has 0 aliphatic carbocycles. The van der Waals surface area contributed by atoms with Crippen molar-refractivity contribution in [3.05, 3.63) is 35.8 Å². The van der Waals surface area contributed by atoms with E-state index in [2.05, 4.69) is 20.3 Å². The SMILES string of the molecule is Cc1cn2nc(OCC3CCN(Cc4nnc(C(F)(F)F)o4)CC3)ccc2n1. The summed E-state index contributed by atoms with van der Waals surface area (Å²) >= 11 is 0. The second-order valence-corrected chi connectivity index (χ2v) is 6.89. The molecule has 1 fully saturated rings. The number of fused-ring (bicyclic) bond motifs is 1. The Morgan fingerprint density at radius 1 is 1.21 bits per heavy atom. The lowest BCUT2D eigenvalue weighted by molar-refractivity contribution is -0.157. The van der Waals surface area contributed by atoms with Crippen LogP contribution in [0.1, 0.15) is 30.3 Å². The summed E-state index contributed by atoms with van der Waals surface area (Å²) in [5.74, 6) is -0.428. The molecule has 28 heavy (non-hydrogen) atoms. The Morgan fingerprint density at radius 3 is 2.71 bits per heavy atom. The quantitative estimate of drug-likeness (QED) is 0.656. The van der Waals surface area contributed by atoms with E-state index < -0.39 is 12.1 Å². The number of imidazole rings is 1. The number of hydrogen-bond acceptors (Lipinski definition) is 7. The second-order valence-electron chi connectivity index (χ2n) is 6.89. The van der Waals surface area contributed by atoms with Gasteiger partial charge >= 0.3 is 12.1 Å². The summed E-state index contributed by atoms with van der Waals surface area (Å²) < 4.78 is 49.7. The van der Waals surface area contributed by atoms with Crippen molar-refractivity contribution in [2.75, 3.05) is 19.7 Å². The van der Waals surface area contributed by atoms with Gasteiger partial charge in [0.15, 0.2) is 5.65 Å². The summed E-state index contributed by atoms with van der Waals surface area (Å²) in [6.07, 6.45) is -1.04. The number of ether oxygens (including phenoxy) is 1. The van der Waals surface area contributed by atoms with Crippen LogP contribution in [-0.4, -0.2) is 49.4 Å². The molecule has 11 heteroatoms. The van der Waals surface area contributed by atoms with Crippen molar-refractivity contribution >= 4 is 5.65 Å². The highest BCUT2D eigenvalue weighted by molar-refractivity contribution is 5.39. The molecule has 1 saturated heterocycles. The predicted molar refractivity (Wildman–Crippen MR) is 90.5 cm³/mol. The standard InChI is InChI=1S/C17H19F3N6O2/c1-11-8-26-13(21-11)2-3-14(24-26)27-10-12-4-6-25(7-5-12)9-15-22-23-16(28-15)17(18,19)20/h2-3,8,12H,4-7,9-10H2,1H3. The zero-order valence-electron chi connectivity index (χ0n) is 15.2. The number of alkyl halides is 3. The summed E-state index contributed by atoms with van der Waals surface area (Å²) in [7, 11) is 0. The van der Waals surface area contributed by atoms with Crippen molar-refractivity contribution in [1.29, 1.82) is 0 Å². The first-order valence-corrected chi connectivity index (χ1v) is 8.94. The Kier molecular flexibility index (Phi) is 4.92. The van der Waals surface area contributed by atoms with Crippen LogP contribution >= 0.6 is 0 Å². The number of hydrogen-bond donors (Lipinski definition) is 0. The largest absolute Gasteiger partial charge is 0.476 e. The molecule has 0 amide bonds. The molecule has 8 nitrogen and oxygen atoms in total. The molecule has 0 aromatic carbocycles. The van der Waals surface area contributed by atoms with Gasteiger partial charge in [-0.25, -0.2) is 9.50 Å². The van der Waals surface area contributed by atoms with E-state index in [1.807, 2.05) is 24.1 Å². The molecule has 0 radical (unpaired) electrons. The zero-order valence-corrected chi connectivity index (χ0v) is 15.2. The fourth-order valence-electron chi connectivity index (χ4n) is 3.20. The molecule has 0 saturated carbocycles. The molecule has 0 bridgehead atoms. The van der Waals surface area contributed by atoms with Gasteiger partial charge in [0.1, 0.15) is 0 Å². The lowest BCUT2D eigenvalue weighted by Gasteiger charge is -2.30. The number of likely N-dealkylation sites (tertiary alicyclic amines) is 1. The highest BCUT2D eigenvalue weighted by Gasteiger charge is 2.38. The average molecular weight is 396 g/mol. The minimum absolute atomic E-state index is 0.0184. The first kappa shape index (κ1) is 18.7. The molecular weight excluding hydrogens is 377 g/mol. The lowest BCUT2D eigenvalue weighted by Crippen LogP contribution is -2.35. The zero-order chi connectivity index (χ0) is 19.7. The van der Waals surface area contributed by atoms with Gasteiger partial charge in [0.2, 0.25) is 11.8 Å². The molecule has 1 aliphatic rings. The van der Waals surface area contributed by atoms with Gasteiger partial charge in [-0.1, -0.05) is 0 Å². The first-order valence-electron chi connectivity index (χ1n) is 8.94. The Hall–Kier alpha value is -2.69. The molecule has 3 aromatic heterocycles. The second kappa shape index (κ2) is 7.38. The molecule has 0 spiro atoms. The van der Waals surface area contributed by atoms with Crippen molar-refractivity contribution in [1.82, 2.24) is 29.7 Å². The maximum atomic E-state index is 12.5. The van der Waals surface area contributed by atoms with E-state index in [1.54, 1.807) is 10.6 Å². The van der Waals surface area contributed by atoms with Gasteiger partial charge in [0, 0.05) is 6.07 Å². The Morgan fingerprint density at radius 2 is 2.00 bits per heavy atom. The molecule has 4 rings (SSSR count). The van der Waals surface area contributed by atoms with Gasteiger partial charge in [-0.3, -0.25) is 4.90 Å². The van der Waals surface area contributed by atoms with Crippen molar-refractivity contribution in [3.8, 4) is 5.88 Å². The molecule has 4 heterocycles. The molecule has 0 atom stereocenters. The third-order valence-electron chi connectivity index (χ3n) is 4.66. The van der Waals surface area contributed by atoms with Crippen LogP contribution in [0, 0.1) is 12.8 Å². The van der Waals surface area contributed by atoms with Gasteiger partial charge in [-0.05, 0) is 44.8 Å². The maximum absolute atomic E-state index is 12.5. The van der Waals surface area contributed by atoms with E-state index in [0.717, 1.165) is 37.3 Å². The number of rotatable bonds is 5. The summed E-state index contributed by atoms with van der Waals surface area (Å²) in [5.41, 5.74) is 1.66. The number of nitrogens with zero attached hydrogens (tertiary/aromatic N) is 6. The average Bonchev–Trinajstić information content (AvgIpc) is 3.26. The first-order chi connectivity index (χ1) is 13.4. The third kappa shape index (κ3) is 4.24. The fraction of sp³-hybridized carbons (Fsp3) is 0.529. The van der Waals surface area contributed by atoms with E-state index in [1.165, 1.54) is 0 Å². The highest BCUT2D eigenvalue weighted by Crippen LogP contribution is 2.28. The maximum Gasteiger partial charge on any atom is 0.470 e. The third-order valence-corrected chi connectivity index (χ3v) is 4.66. The summed E-state index contributed by atoms with van der Waals surface area (Å²) in [6.45, 7) is 4.12. The Balaban J connectivity index is 1.25. The van der Waals surface area contributed by atoms with E-state index in [0.29, 0.717) is 18.4 Å². The van der Waals surface area contributed by atoms with E-state index in [-0.39, 0.29) is 12.4 Å². The van der Waals surface area contributed by atoms with E-state index in [9.17, 15) is 13.2 Å². The summed E-state index contributed by atoms with van der Waals surface area (Å²) in [6, 6.07) is 3.66. The molecular formula is C17H19F3N6O2. The number of aryl methyl sites for hydroxylation is 1. The van der Waals surface area contributed by atoms with Crippen LogP contribution in [0.25, 0.3) is 5.65 Å². The van der Waals surface area contributed by atoms with Crippen LogP contribution in [0.15, 0.2) is 22.7 Å². The molecule has 0 N–H and O–H groups in total. The van der Waals surface area contributed by atoms with Crippen molar-refractivity contribution < 1.29 is 22.3 Å². The van der Waals surface area contributed by atoms with E-state index >= 15 is 0 Å². The smallest absolute Gasteiger partial charge is 0.470 e. The van der Waals surface area contributed by atoms with Crippen LogP contribution in [0.2, 0.25) is 0 Å². The normalized spacial score (nSPS) is 16.7. The monoisotopic (exact) mass is 396 g/mol. The van der Waals surface area contributed by atoms with Crippen molar-refractivity contribution in [2.24, 2.45) is 5.92 Å². The molecule has 150 valence electrons. The predicted octanol–water partition coefficient (Wildman–Crippen LogP) is 2.73. The van der Waals surface area contributed by atoms with Gasteiger partial charge in [-0.2, -0.15) is 13.2 Å². The van der Waals surface area contributed by atoms with Gasteiger partial charge in [0.05, 0.1) is 25.0 Å². The summed E-state index contributed by atoms with van der Waals surface area (Å²) in [4.78, 5) is 6.32. The molecule has 1 aliphatic heterocycles. The Bertz CT molecular complexity index is 946.